The van der Waals surface area contributed by atoms with E-state index in [0.717, 1.165) is 44.1 Å². The zero-order chi connectivity index (χ0) is 21.3. The molecule has 1 aliphatic heterocycles. The van der Waals surface area contributed by atoms with Gasteiger partial charge in [-0.2, -0.15) is 13.2 Å². The third-order valence-corrected chi connectivity index (χ3v) is 4.63. The number of aryl methyl sites for hydroxylation is 1. The zero-order valence-electron chi connectivity index (χ0n) is 15.7. The van der Waals surface area contributed by atoms with E-state index in [-0.39, 0.29) is 0 Å². The number of alkyl halides is 3. The van der Waals surface area contributed by atoms with Gasteiger partial charge in [-0.15, -0.1) is 0 Å². The summed E-state index contributed by atoms with van der Waals surface area (Å²) in [5, 5.41) is 7.92. The summed E-state index contributed by atoms with van der Waals surface area (Å²) in [6.07, 6.45) is -2.58. The van der Waals surface area contributed by atoms with Crippen molar-refractivity contribution in [2.45, 2.75) is 31.7 Å². The Hall–Kier alpha value is -2.09. The van der Waals surface area contributed by atoms with Crippen molar-refractivity contribution in [3.05, 3.63) is 70.7 Å². The predicted molar refractivity (Wildman–Crippen MR) is 105 cm³/mol. The number of aliphatic carboxylic acids is 1. The monoisotopic (exact) mass is 429 g/mol. The molecule has 0 bridgehead atoms. The molecule has 0 radical (unpaired) electrons. The minimum atomic E-state index is -5.08. The van der Waals surface area contributed by atoms with Crippen LogP contribution in [0.3, 0.4) is 0 Å². The summed E-state index contributed by atoms with van der Waals surface area (Å²) < 4.78 is 37.7. The van der Waals surface area contributed by atoms with Gasteiger partial charge >= 0.3 is 12.1 Å². The van der Waals surface area contributed by atoms with Crippen molar-refractivity contribution in [2.75, 3.05) is 19.7 Å². The molecule has 3 rings (SSSR count). The lowest BCUT2D eigenvalue weighted by Crippen LogP contribution is -2.42. The standard InChI is InChI=1S/C19H22ClNO.C2HF3O2/c20-18-9-6-17(7-10-18)14-21-12-13-22-19(15-21)11-8-16-4-2-1-3-5-16;3-2(4,5)1(6)7/h1-7,9-10,19H,8,11-15H2;(H,6,7). The lowest BCUT2D eigenvalue weighted by Gasteiger charge is -2.33. The van der Waals surface area contributed by atoms with Gasteiger partial charge in [-0.1, -0.05) is 54.1 Å². The summed E-state index contributed by atoms with van der Waals surface area (Å²) in [4.78, 5) is 11.4. The first-order valence-electron chi connectivity index (χ1n) is 9.16. The molecule has 1 aliphatic rings. The second-order valence-electron chi connectivity index (χ2n) is 6.68. The number of halogens is 4. The van der Waals surface area contributed by atoms with Crippen LogP contribution in [0.15, 0.2) is 54.6 Å². The topological polar surface area (TPSA) is 49.8 Å². The Balaban J connectivity index is 0.000000370. The van der Waals surface area contributed by atoms with Crippen molar-refractivity contribution in [3.63, 3.8) is 0 Å². The van der Waals surface area contributed by atoms with Gasteiger partial charge in [0, 0.05) is 24.7 Å². The van der Waals surface area contributed by atoms with Crippen LogP contribution in [0.2, 0.25) is 5.02 Å². The molecule has 0 amide bonds. The summed E-state index contributed by atoms with van der Waals surface area (Å²) in [6.45, 7) is 3.81. The molecule has 1 unspecified atom stereocenters. The van der Waals surface area contributed by atoms with Crippen LogP contribution in [-0.2, 0) is 22.5 Å². The molecule has 1 saturated heterocycles. The molecule has 1 atom stereocenters. The average Bonchev–Trinajstić information content (AvgIpc) is 2.69. The Kier molecular flexibility index (Phi) is 8.95. The van der Waals surface area contributed by atoms with E-state index in [9.17, 15) is 13.2 Å². The van der Waals surface area contributed by atoms with Crippen molar-refractivity contribution in [3.8, 4) is 0 Å². The molecule has 1 fully saturated rings. The van der Waals surface area contributed by atoms with Crippen LogP contribution in [0.1, 0.15) is 17.5 Å². The molecule has 1 heterocycles. The Bertz CT molecular complexity index is 754. The maximum atomic E-state index is 10.6. The minimum absolute atomic E-state index is 0.334. The predicted octanol–water partition coefficient (Wildman–Crippen LogP) is 4.81. The van der Waals surface area contributed by atoms with E-state index in [4.69, 9.17) is 26.2 Å². The second kappa shape index (κ2) is 11.2. The Morgan fingerprint density at radius 1 is 1.10 bits per heavy atom. The lowest BCUT2D eigenvalue weighted by molar-refractivity contribution is -0.192. The summed E-state index contributed by atoms with van der Waals surface area (Å²) >= 11 is 5.94. The van der Waals surface area contributed by atoms with E-state index in [1.807, 2.05) is 12.1 Å². The van der Waals surface area contributed by atoms with Crippen LogP contribution in [0, 0.1) is 0 Å². The molecule has 4 nitrogen and oxygen atoms in total. The van der Waals surface area contributed by atoms with Gasteiger partial charge in [-0.05, 0) is 36.1 Å². The molecule has 2 aromatic rings. The zero-order valence-corrected chi connectivity index (χ0v) is 16.5. The van der Waals surface area contributed by atoms with Crippen LogP contribution in [0.4, 0.5) is 13.2 Å². The van der Waals surface area contributed by atoms with E-state index in [2.05, 4.69) is 47.4 Å². The highest BCUT2D eigenvalue weighted by Crippen LogP contribution is 2.16. The van der Waals surface area contributed by atoms with Crippen molar-refractivity contribution >= 4 is 17.6 Å². The maximum Gasteiger partial charge on any atom is 0.490 e. The number of hydrogen-bond donors (Lipinski definition) is 1. The Morgan fingerprint density at radius 2 is 1.72 bits per heavy atom. The minimum Gasteiger partial charge on any atom is -0.475 e. The molecule has 0 aliphatic carbocycles. The molecular weight excluding hydrogens is 407 g/mol. The molecule has 0 saturated carbocycles. The number of hydrogen-bond acceptors (Lipinski definition) is 3. The first kappa shape index (κ1) is 23.2. The van der Waals surface area contributed by atoms with Crippen molar-refractivity contribution in [1.29, 1.82) is 0 Å². The molecule has 2 aromatic carbocycles. The number of nitrogens with zero attached hydrogens (tertiary/aromatic N) is 1. The number of benzene rings is 2. The van der Waals surface area contributed by atoms with E-state index < -0.39 is 12.1 Å². The fraction of sp³-hybridized carbons (Fsp3) is 0.381. The maximum absolute atomic E-state index is 10.6. The first-order valence-corrected chi connectivity index (χ1v) is 9.54. The van der Waals surface area contributed by atoms with Crippen LogP contribution in [0.5, 0.6) is 0 Å². The van der Waals surface area contributed by atoms with Gasteiger partial charge < -0.3 is 9.84 Å². The Morgan fingerprint density at radius 3 is 2.31 bits per heavy atom. The quantitative estimate of drug-likeness (QED) is 0.741. The summed E-state index contributed by atoms with van der Waals surface area (Å²) in [5.41, 5.74) is 2.70. The molecule has 1 N–H and O–H groups in total. The number of ether oxygens (including phenoxy) is 1. The van der Waals surface area contributed by atoms with E-state index >= 15 is 0 Å². The van der Waals surface area contributed by atoms with Gasteiger partial charge in [-0.25, -0.2) is 4.79 Å². The largest absolute Gasteiger partial charge is 0.490 e. The van der Waals surface area contributed by atoms with Crippen LogP contribution >= 0.6 is 11.6 Å². The second-order valence-corrected chi connectivity index (χ2v) is 7.12. The van der Waals surface area contributed by atoms with Crippen molar-refractivity contribution < 1.29 is 27.8 Å². The van der Waals surface area contributed by atoms with Gasteiger partial charge in [-0.3, -0.25) is 4.90 Å². The third-order valence-electron chi connectivity index (χ3n) is 4.38. The third kappa shape index (κ3) is 8.85. The van der Waals surface area contributed by atoms with Crippen LogP contribution in [-0.4, -0.2) is 48.0 Å². The Labute approximate surface area is 172 Å². The normalized spacial score (nSPS) is 17.3. The van der Waals surface area contributed by atoms with E-state index in [1.54, 1.807) is 0 Å². The number of carboxylic acids is 1. The lowest BCUT2D eigenvalue weighted by atomic mass is 10.1. The van der Waals surface area contributed by atoms with E-state index in [0.29, 0.717) is 6.10 Å². The SMILES string of the molecule is Clc1ccc(CN2CCOC(CCc3ccccc3)C2)cc1.O=C(O)C(F)(F)F. The number of rotatable bonds is 5. The number of carbonyl (C=O) groups is 1. The van der Waals surface area contributed by atoms with Crippen LogP contribution < -0.4 is 0 Å². The molecule has 0 spiro atoms. The van der Waals surface area contributed by atoms with Gasteiger partial charge in [0.2, 0.25) is 0 Å². The first-order chi connectivity index (χ1) is 13.7. The molecule has 8 heteroatoms. The highest BCUT2D eigenvalue weighted by Gasteiger charge is 2.38. The molecule has 0 aromatic heterocycles. The van der Waals surface area contributed by atoms with Gasteiger partial charge in [0.25, 0.3) is 0 Å². The highest BCUT2D eigenvalue weighted by molar-refractivity contribution is 6.30. The van der Waals surface area contributed by atoms with Gasteiger partial charge in [0.05, 0.1) is 12.7 Å². The van der Waals surface area contributed by atoms with E-state index in [1.165, 1.54) is 11.1 Å². The molecular formula is C21H23ClF3NO3. The van der Waals surface area contributed by atoms with Crippen molar-refractivity contribution in [1.82, 2.24) is 4.90 Å². The average molecular weight is 430 g/mol. The molecule has 158 valence electrons. The number of carboxylic acid groups (broad SMARTS) is 1. The summed E-state index contributed by atoms with van der Waals surface area (Å²) in [6, 6.07) is 18.8. The van der Waals surface area contributed by atoms with Crippen molar-refractivity contribution in [2.24, 2.45) is 0 Å². The summed E-state index contributed by atoms with van der Waals surface area (Å²) in [7, 11) is 0. The van der Waals surface area contributed by atoms with Crippen LogP contribution in [0.25, 0.3) is 0 Å². The fourth-order valence-corrected chi connectivity index (χ4v) is 3.05. The summed E-state index contributed by atoms with van der Waals surface area (Å²) in [5.74, 6) is -2.76. The van der Waals surface area contributed by atoms with Gasteiger partial charge in [0.1, 0.15) is 0 Å². The van der Waals surface area contributed by atoms with Gasteiger partial charge in [0.15, 0.2) is 0 Å². The highest BCUT2D eigenvalue weighted by atomic mass is 35.5. The smallest absolute Gasteiger partial charge is 0.475 e. The molecule has 29 heavy (non-hydrogen) atoms. The fourth-order valence-electron chi connectivity index (χ4n) is 2.92. The number of morpholine rings is 1.